The molecule has 9 heteroatoms. The Kier molecular flexibility index (Phi) is 5.85. The van der Waals surface area contributed by atoms with Gasteiger partial charge in [-0.25, -0.2) is 4.98 Å². The zero-order chi connectivity index (χ0) is 22.8. The van der Waals surface area contributed by atoms with Crippen LogP contribution in [-0.2, 0) is 11.2 Å². The van der Waals surface area contributed by atoms with Gasteiger partial charge in [0.1, 0.15) is 0 Å². The number of fused-ring (bicyclic) bond motifs is 2. The minimum atomic E-state index is -0.297. The van der Waals surface area contributed by atoms with Crippen LogP contribution in [0.15, 0.2) is 67.1 Å². The van der Waals surface area contributed by atoms with Crippen LogP contribution in [0, 0.1) is 0 Å². The predicted molar refractivity (Wildman–Crippen MR) is 131 cm³/mol. The van der Waals surface area contributed by atoms with E-state index in [0.717, 1.165) is 31.8 Å². The van der Waals surface area contributed by atoms with Crippen LogP contribution < -0.4 is 10.6 Å². The highest BCUT2D eigenvalue weighted by Crippen LogP contribution is 2.26. The number of nitrogens with one attached hydrogen (secondary N) is 3. The number of carbonyl (C=O) groups excluding carboxylic acids is 2. The van der Waals surface area contributed by atoms with Gasteiger partial charge in [-0.3, -0.25) is 9.59 Å². The first kappa shape index (κ1) is 21.2. The summed E-state index contributed by atoms with van der Waals surface area (Å²) in [4.78, 5) is 32.5. The summed E-state index contributed by atoms with van der Waals surface area (Å²) in [5.41, 5.74) is 3.41. The molecule has 0 aliphatic rings. The van der Waals surface area contributed by atoms with Gasteiger partial charge < -0.3 is 20.2 Å². The standard InChI is InChI=1S/C24H20ClN5O2S/c25-17-4-6-19-18(12-17)16(13-27-19)7-8-26-22(31)14-28-23(32)15-3-5-20-21(11-15)33-24(29-20)30-9-1-2-10-30/h1-6,9-13,27H,7-8,14H2,(H,26,31)(H,28,32). The summed E-state index contributed by atoms with van der Waals surface area (Å²) in [7, 11) is 0. The minimum absolute atomic E-state index is 0.0894. The SMILES string of the molecule is O=C(CNC(=O)c1ccc2nc(-n3cccc3)sc2c1)NCCc1c[nH]c2ccc(Cl)cc12. The van der Waals surface area contributed by atoms with Gasteiger partial charge in [0, 0.05) is 46.6 Å². The van der Waals surface area contributed by atoms with Crippen molar-refractivity contribution in [1.82, 2.24) is 25.2 Å². The van der Waals surface area contributed by atoms with Gasteiger partial charge in [0.2, 0.25) is 5.91 Å². The minimum Gasteiger partial charge on any atom is -0.361 e. The van der Waals surface area contributed by atoms with Crippen molar-refractivity contribution in [3.8, 4) is 5.13 Å². The molecule has 0 saturated heterocycles. The third kappa shape index (κ3) is 4.62. The summed E-state index contributed by atoms with van der Waals surface area (Å²) in [6.45, 7) is 0.372. The number of H-pyrrole nitrogens is 1. The second kappa shape index (κ2) is 9.09. The van der Waals surface area contributed by atoms with Crippen molar-refractivity contribution >= 4 is 55.9 Å². The molecule has 0 aliphatic heterocycles. The maximum absolute atomic E-state index is 12.5. The van der Waals surface area contributed by atoms with Gasteiger partial charge in [-0.2, -0.15) is 0 Å². The van der Waals surface area contributed by atoms with Crippen LogP contribution >= 0.6 is 22.9 Å². The quantitative estimate of drug-likeness (QED) is 0.326. The zero-order valence-corrected chi connectivity index (χ0v) is 19.0. The van der Waals surface area contributed by atoms with Gasteiger partial charge >= 0.3 is 0 Å². The lowest BCUT2D eigenvalue weighted by Crippen LogP contribution is -2.37. The van der Waals surface area contributed by atoms with Crippen LogP contribution in [0.3, 0.4) is 0 Å². The Bertz CT molecular complexity index is 1450. The van der Waals surface area contributed by atoms with Crippen molar-refractivity contribution in [2.75, 3.05) is 13.1 Å². The van der Waals surface area contributed by atoms with Crippen LogP contribution in [0.1, 0.15) is 15.9 Å². The van der Waals surface area contributed by atoms with Crippen molar-refractivity contribution in [2.24, 2.45) is 0 Å². The molecule has 5 rings (SSSR count). The largest absolute Gasteiger partial charge is 0.361 e. The van der Waals surface area contributed by atoms with Gasteiger partial charge in [0.15, 0.2) is 5.13 Å². The van der Waals surface area contributed by atoms with E-state index in [0.29, 0.717) is 23.6 Å². The summed E-state index contributed by atoms with van der Waals surface area (Å²) in [5.74, 6) is -0.538. The topological polar surface area (TPSA) is 91.8 Å². The average molecular weight is 478 g/mol. The van der Waals surface area contributed by atoms with Crippen molar-refractivity contribution < 1.29 is 9.59 Å². The van der Waals surface area contributed by atoms with Gasteiger partial charge in [-0.1, -0.05) is 22.9 Å². The van der Waals surface area contributed by atoms with Gasteiger partial charge in [0.25, 0.3) is 5.91 Å². The molecular weight excluding hydrogens is 458 g/mol. The Balaban J connectivity index is 1.14. The Morgan fingerprint density at radius 1 is 1.09 bits per heavy atom. The first-order valence-corrected chi connectivity index (χ1v) is 11.6. The molecule has 0 unspecified atom stereocenters. The zero-order valence-electron chi connectivity index (χ0n) is 17.5. The molecule has 0 atom stereocenters. The Morgan fingerprint density at radius 3 is 2.79 bits per heavy atom. The van der Waals surface area contributed by atoms with Crippen molar-refractivity contribution in [3.05, 3.63) is 83.3 Å². The molecule has 0 aliphatic carbocycles. The van der Waals surface area contributed by atoms with Crippen molar-refractivity contribution in [3.63, 3.8) is 0 Å². The second-order valence-electron chi connectivity index (χ2n) is 7.56. The third-order valence-corrected chi connectivity index (χ3v) is 6.59. The first-order valence-electron chi connectivity index (χ1n) is 10.4. The Hall–Kier alpha value is -3.62. The molecule has 0 radical (unpaired) electrons. The molecule has 3 heterocycles. The van der Waals surface area contributed by atoms with Gasteiger partial charge in [-0.05, 0) is 60.5 Å². The van der Waals surface area contributed by atoms with E-state index in [1.165, 1.54) is 11.3 Å². The van der Waals surface area contributed by atoms with E-state index in [1.807, 2.05) is 59.6 Å². The fourth-order valence-corrected chi connectivity index (χ4v) is 4.79. The molecule has 0 bridgehead atoms. The molecule has 3 N–H and O–H groups in total. The predicted octanol–water partition coefficient (Wildman–Crippen LogP) is 4.31. The summed E-state index contributed by atoms with van der Waals surface area (Å²) >= 11 is 7.59. The Morgan fingerprint density at radius 2 is 1.94 bits per heavy atom. The number of thiazole rings is 1. The van der Waals surface area contributed by atoms with E-state index in [1.54, 1.807) is 12.1 Å². The number of hydrogen-bond donors (Lipinski definition) is 3. The third-order valence-electron chi connectivity index (χ3n) is 5.32. The summed E-state index contributed by atoms with van der Waals surface area (Å²) in [6.07, 6.45) is 6.44. The Labute approximate surface area is 198 Å². The number of nitrogens with zero attached hydrogens (tertiary/aromatic N) is 2. The van der Waals surface area contributed by atoms with E-state index in [2.05, 4.69) is 20.6 Å². The van der Waals surface area contributed by atoms with Crippen LogP contribution in [0.2, 0.25) is 5.02 Å². The maximum Gasteiger partial charge on any atom is 0.251 e. The number of aromatic nitrogens is 3. The highest BCUT2D eigenvalue weighted by molar-refractivity contribution is 7.20. The lowest BCUT2D eigenvalue weighted by Gasteiger charge is -2.07. The number of carbonyl (C=O) groups is 2. The summed E-state index contributed by atoms with van der Waals surface area (Å²) < 4.78 is 2.84. The molecule has 7 nitrogen and oxygen atoms in total. The van der Waals surface area contributed by atoms with E-state index >= 15 is 0 Å². The molecule has 0 saturated carbocycles. The number of halogens is 1. The molecule has 5 aromatic rings. The highest BCUT2D eigenvalue weighted by Gasteiger charge is 2.12. The number of benzene rings is 2. The number of rotatable bonds is 7. The van der Waals surface area contributed by atoms with Crippen molar-refractivity contribution in [1.29, 1.82) is 0 Å². The number of amides is 2. The van der Waals surface area contributed by atoms with E-state index in [9.17, 15) is 9.59 Å². The van der Waals surface area contributed by atoms with Gasteiger partial charge in [-0.15, -0.1) is 0 Å². The molecule has 0 fully saturated rings. The molecule has 33 heavy (non-hydrogen) atoms. The number of hydrogen-bond acceptors (Lipinski definition) is 4. The maximum atomic E-state index is 12.5. The number of aromatic amines is 1. The van der Waals surface area contributed by atoms with E-state index in [4.69, 9.17) is 11.6 Å². The monoisotopic (exact) mass is 477 g/mol. The van der Waals surface area contributed by atoms with Crippen LogP contribution in [-0.4, -0.2) is 39.4 Å². The van der Waals surface area contributed by atoms with Crippen molar-refractivity contribution in [2.45, 2.75) is 6.42 Å². The first-order chi connectivity index (χ1) is 16.1. The molecular formula is C24H20ClN5O2S. The van der Waals surface area contributed by atoms with E-state index in [-0.39, 0.29) is 18.4 Å². The van der Waals surface area contributed by atoms with Crippen LogP contribution in [0.5, 0.6) is 0 Å². The summed E-state index contributed by atoms with van der Waals surface area (Å²) in [6, 6.07) is 14.9. The molecule has 166 valence electrons. The van der Waals surface area contributed by atoms with Crippen LogP contribution in [0.25, 0.3) is 26.3 Å². The second-order valence-corrected chi connectivity index (χ2v) is 9.00. The van der Waals surface area contributed by atoms with Gasteiger partial charge in [0.05, 0.1) is 16.8 Å². The molecule has 2 amide bonds. The normalized spacial score (nSPS) is 11.2. The highest BCUT2D eigenvalue weighted by atomic mass is 35.5. The van der Waals surface area contributed by atoms with Crippen LogP contribution in [0.4, 0.5) is 0 Å². The fourth-order valence-electron chi connectivity index (χ4n) is 3.65. The summed E-state index contributed by atoms with van der Waals surface area (Å²) in [5, 5.41) is 8.08. The lowest BCUT2D eigenvalue weighted by molar-refractivity contribution is -0.120. The average Bonchev–Trinajstić information content (AvgIpc) is 3.56. The smallest absolute Gasteiger partial charge is 0.251 e. The van der Waals surface area contributed by atoms with E-state index < -0.39 is 0 Å². The molecule has 2 aromatic carbocycles. The fraction of sp³-hybridized carbons (Fsp3) is 0.125. The lowest BCUT2D eigenvalue weighted by atomic mass is 10.1. The molecule has 0 spiro atoms. The molecule has 3 aromatic heterocycles.